The van der Waals surface area contributed by atoms with E-state index in [0.29, 0.717) is 0 Å². The summed E-state index contributed by atoms with van der Waals surface area (Å²) < 4.78 is 0. The number of hydrogen-bond donors (Lipinski definition) is 0. The standard InChI is InChI=1S/C18H17N.ClH/c1-2-7-15(8-3-1)9-6-12-18-17-11-5-4-10-16(17)13-14-19-18;/h1-5,7-8,10-11,13-14H,6,9,12H2;1H. The summed E-state index contributed by atoms with van der Waals surface area (Å²) in [5, 5.41) is 2.57. The fraction of sp³-hybridized carbons (Fsp3) is 0.167. The third-order valence-electron chi connectivity index (χ3n) is 3.48. The molecule has 0 radical (unpaired) electrons. The average Bonchev–Trinajstić information content (AvgIpc) is 2.49. The van der Waals surface area contributed by atoms with Gasteiger partial charge in [0, 0.05) is 17.3 Å². The SMILES string of the molecule is Cl.c1ccc(CCCc2nccc3ccccc23)cc1. The van der Waals surface area contributed by atoms with E-state index in [0.717, 1.165) is 19.3 Å². The first kappa shape index (κ1) is 14.5. The molecule has 20 heavy (non-hydrogen) atoms. The van der Waals surface area contributed by atoms with Crippen LogP contribution in [0.4, 0.5) is 0 Å². The molecule has 0 aliphatic rings. The second-order valence-corrected chi connectivity index (χ2v) is 4.82. The van der Waals surface area contributed by atoms with Crippen LogP contribution in [0.1, 0.15) is 17.7 Å². The highest BCUT2D eigenvalue weighted by molar-refractivity contribution is 5.85. The van der Waals surface area contributed by atoms with E-state index >= 15 is 0 Å². The third-order valence-corrected chi connectivity index (χ3v) is 3.48. The zero-order valence-corrected chi connectivity index (χ0v) is 12.1. The second-order valence-electron chi connectivity index (χ2n) is 4.82. The van der Waals surface area contributed by atoms with Crippen molar-refractivity contribution in [2.75, 3.05) is 0 Å². The zero-order chi connectivity index (χ0) is 12.9. The lowest BCUT2D eigenvalue weighted by atomic mass is 10.0. The van der Waals surface area contributed by atoms with Gasteiger partial charge in [-0.3, -0.25) is 4.98 Å². The van der Waals surface area contributed by atoms with Crippen molar-refractivity contribution < 1.29 is 0 Å². The molecule has 0 amide bonds. The summed E-state index contributed by atoms with van der Waals surface area (Å²) in [7, 11) is 0. The number of hydrogen-bond acceptors (Lipinski definition) is 1. The molecule has 0 fully saturated rings. The minimum absolute atomic E-state index is 0. The fourth-order valence-corrected chi connectivity index (χ4v) is 2.49. The number of aromatic nitrogens is 1. The van der Waals surface area contributed by atoms with Crippen molar-refractivity contribution >= 4 is 23.2 Å². The van der Waals surface area contributed by atoms with Crippen LogP contribution in [0.15, 0.2) is 66.9 Å². The van der Waals surface area contributed by atoms with E-state index in [9.17, 15) is 0 Å². The zero-order valence-electron chi connectivity index (χ0n) is 11.3. The lowest BCUT2D eigenvalue weighted by Crippen LogP contribution is -1.94. The molecular weight excluding hydrogens is 266 g/mol. The minimum Gasteiger partial charge on any atom is -0.261 e. The third kappa shape index (κ3) is 3.37. The Labute approximate surface area is 126 Å². The smallest absolute Gasteiger partial charge is 0.0481 e. The lowest BCUT2D eigenvalue weighted by molar-refractivity contribution is 0.805. The Balaban J connectivity index is 0.00000147. The molecule has 102 valence electrons. The minimum atomic E-state index is 0. The number of halogens is 1. The van der Waals surface area contributed by atoms with Crippen molar-refractivity contribution in [3.8, 4) is 0 Å². The quantitative estimate of drug-likeness (QED) is 0.668. The van der Waals surface area contributed by atoms with Crippen LogP contribution in [0.5, 0.6) is 0 Å². The second kappa shape index (κ2) is 7.06. The van der Waals surface area contributed by atoms with Gasteiger partial charge < -0.3 is 0 Å². The Bertz CT molecular complexity index is 659. The van der Waals surface area contributed by atoms with Crippen LogP contribution in [0.2, 0.25) is 0 Å². The van der Waals surface area contributed by atoms with E-state index < -0.39 is 0 Å². The molecule has 1 heterocycles. The first-order valence-corrected chi connectivity index (χ1v) is 6.80. The van der Waals surface area contributed by atoms with Gasteiger partial charge in [0.25, 0.3) is 0 Å². The summed E-state index contributed by atoms with van der Waals surface area (Å²) in [6.07, 6.45) is 5.22. The van der Waals surface area contributed by atoms with E-state index in [-0.39, 0.29) is 12.4 Å². The first-order chi connectivity index (χ1) is 9.43. The average molecular weight is 284 g/mol. The summed E-state index contributed by atoms with van der Waals surface area (Å²) in [5.74, 6) is 0. The van der Waals surface area contributed by atoms with Crippen LogP contribution in [0.25, 0.3) is 10.8 Å². The van der Waals surface area contributed by atoms with E-state index in [2.05, 4.69) is 65.6 Å². The highest BCUT2D eigenvalue weighted by Crippen LogP contribution is 2.18. The molecule has 0 N–H and O–H groups in total. The van der Waals surface area contributed by atoms with E-state index in [1.165, 1.54) is 22.0 Å². The van der Waals surface area contributed by atoms with Crippen molar-refractivity contribution in [1.82, 2.24) is 4.98 Å². The van der Waals surface area contributed by atoms with Gasteiger partial charge in [0.05, 0.1) is 0 Å². The normalized spacial score (nSPS) is 10.2. The molecule has 0 bridgehead atoms. The Morgan fingerprint density at radius 1 is 0.750 bits per heavy atom. The highest BCUT2D eigenvalue weighted by Gasteiger charge is 2.01. The number of rotatable bonds is 4. The predicted molar refractivity (Wildman–Crippen MR) is 87.5 cm³/mol. The van der Waals surface area contributed by atoms with Crippen molar-refractivity contribution in [2.45, 2.75) is 19.3 Å². The molecule has 3 rings (SSSR count). The Morgan fingerprint density at radius 3 is 2.35 bits per heavy atom. The molecule has 0 unspecified atom stereocenters. The van der Waals surface area contributed by atoms with Crippen molar-refractivity contribution in [2.24, 2.45) is 0 Å². The number of pyridine rings is 1. The van der Waals surface area contributed by atoms with Gasteiger partial charge in [0.15, 0.2) is 0 Å². The van der Waals surface area contributed by atoms with Crippen LogP contribution >= 0.6 is 12.4 Å². The highest BCUT2D eigenvalue weighted by atomic mass is 35.5. The monoisotopic (exact) mass is 283 g/mol. The van der Waals surface area contributed by atoms with Gasteiger partial charge >= 0.3 is 0 Å². The van der Waals surface area contributed by atoms with Gasteiger partial charge in [0.2, 0.25) is 0 Å². The number of benzene rings is 2. The molecule has 0 aliphatic carbocycles. The molecule has 3 aromatic rings. The maximum Gasteiger partial charge on any atom is 0.0481 e. The molecule has 0 spiro atoms. The van der Waals surface area contributed by atoms with Gasteiger partial charge in [-0.15, -0.1) is 12.4 Å². The number of nitrogens with zero attached hydrogens (tertiary/aromatic N) is 1. The Kier molecular flexibility index (Phi) is 5.14. The number of fused-ring (bicyclic) bond motifs is 1. The van der Waals surface area contributed by atoms with Crippen LogP contribution in [-0.2, 0) is 12.8 Å². The molecule has 2 aromatic carbocycles. The van der Waals surface area contributed by atoms with E-state index in [4.69, 9.17) is 0 Å². The molecule has 0 saturated carbocycles. The summed E-state index contributed by atoms with van der Waals surface area (Å²) >= 11 is 0. The van der Waals surface area contributed by atoms with Crippen molar-refractivity contribution in [3.05, 3.63) is 78.1 Å². The molecule has 2 heteroatoms. The summed E-state index contributed by atoms with van der Waals surface area (Å²) in [6.45, 7) is 0. The molecule has 0 saturated heterocycles. The van der Waals surface area contributed by atoms with Gasteiger partial charge in [0.1, 0.15) is 0 Å². The molecule has 0 aliphatic heterocycles. The summed E-state index contributed by atoms with van der Waals surface area (Å²) in [6, 6.07) is 21.2. The molecule has 1 nitrogen and oxygen atoms in total. The van der Waals surface area contributed by atoms with Crippen molar-refractivity contribution in [3.63, 3.8) is 0 Å². The van der Waals surface area contributed by atoms with Gasteiger partial charge in [-0.1, -0.05) is 54.6 Å². The van der Waals surface area contributed by atoms with Crippen molar-refractivity contribution in [1.29, 1.82) is 0 Å². The first-order valence-electron chi connectivity index (χ1n) is 6.80. The van der Waals surface area contributed by atoms with Gasteiger partial charge in [-0.25, -0.2) is 0 Å². The topological polar surface area (TPSA) is 12.9 Å². The maximum atomic E-state index is 4.54. The lowest BCUT2D eigenvalue weighted by Gasteiger charge is -2.05. The van der Waals surface area contributed by atoms with Crippen LogP contribution in [0.3, 0.4) is 0 Å². The van der Waals surface area contributed by atoms with E-state index in [1.807, 2.05) is 6.20 Å². The summed E-state index contributed by atoms with van der Waals surface area (Å²) in [4.78, 5) is 4.54. The van der Waals surface area contributed by atoms with Gasteiger partial charge in [-0.2, -0.15) is 0 Å². The van der Waals surface area contributed by atoms with Crippen LogP contribution in [0, 0.1) is 0 Å². The molecular formula is C18H18ClN. The molecule has 0 atom stereocenters. The van der Waals surface area contributed by atoms with Crippen LogP contribution < -0.4 is 0 Å². The molecule has 1 aromatic heterocycles. The predicted octanol–water partition coefficient (Wildman–Crippen LogP) is 4.83. The van der Waals surface area contributed by atoms with Crippen LogP contribution in [-0.4, -0.2) is 4.98 Å². The Morgan fingerprint density at radius 2 is 1.50 bits per heavy atom. The Hall–Kier alpha value is -1.86. The fourth-order valence-electron chi connectivity index (χ4n) is 2.49. The maximum absolute atomic E-state index is 4.54. The summed E-state index contributed by atoms with van der Waals surface area (Å²) in [5.41, 5.74) is 2.62. The number of aryl methyl sites for hydroxylation is 2. The van der Waals surface area contributed by atoms with Gasteiger partial charge in [-0.05, 0) is 36.3 Å². The van der Waals surface area contributed by atoms with E-state index in [1.54, 1.807) is 0 Å². The largest absolute Gasteiger partial charge is 0.261 e.